The van der Waals surface area contributed by atoms with Crippen molar-refractivity contribution in [3.05, 3.63) is 29.6 Å². The maximum Gasteiger partial charge on any atom is 0.256 e. The summed E-state index contributed by atoms with van der Waals surface area (Å²) in [7, 11) is 0. The van der Waals surface area contributed by atoms with Gasteiger partial charge in [0.2, 0.25) is 5.91 Å². The number of rotatable bonds is 2. The van der Waals surface area contributed by atoms with Gasteiger partial charge in [-0.3, -0.25) is 9.59 Å². The highest BCUT2D eigenvalue weighted by Crippen LogP contribution is 2.21. The topological polar surface area (TPSA) is 89.4 Å². The molecule has 1 fully saturated rings. The Bertz CT molecular complexity index is 511. The Kier molecular flexibility index (Phi) is 3.69. The fraction of sp³-hybridized carbons (Fsp3) is 0.385. The minimum Gasteiger partial charge on any atom is -0.398 e. The van der Waals surface area contributed by atoms with Crippen molar-refractivity contribution in [2.75, 3.05) is 18.8 Å². The van der Waals surface area contributed by atoms with Gasteiger partial charge < -0.3 is 16.4 Å². The van der Waals surface area contributed by atoms with Crippen molar-refractivity contribution in [2.24, 2.45) is 11.7 Å². The molecule has 1 aliphatic heterocycles. The highest BCUT2D eigenvalue weighted by atomic mass is 19.1. The number of benzene rings is 1. The number of hydrogen-bond acceptors (Lipinski definition) is 3. The fourth-order valence-electron chi connectivity index (χ4n) is 2.25. The molecule has 0 radical (unpaired) electrons. The van der Waals surface area contributed by atoms with Crippen molar-refractivity contribution < 1.29 is 14.0 Å². The second-order valence-corrected chi connectivity index (χ2v) is 4.70. The number of nitrogen functional groups attached to an aromatic ring is 1. The van der Waals surface area contributed by atoms with Gasteiger partial charge in [-0.05, 0) is 31.0 Å². The number of primary amides is 1. The summed E-state index contributed by atoms with van der Waals surface area (Å²) in [5.74, 6) is -1.32. The van der Waals surface area contributed by atoms with Crippen LogP contribution in [-0.4, -0.2) is 29.8 Å². The number of nitrogens with zero attached hydrogens (tertiary/aromatic N) is 1. The maximum atomic E-state index is 13.2. The normalized spacial score (nSPS) is 16.4. The highest BCUT2D eigenvalue weighted by molar-refractivity contribution is 5.99. The predicted molar refractivity (Wildman–Crippen MR) is 68.6 cm³/mol. The van der Waals surface area contributed by atoms with Gasteiger partial charge in [0, 0.05) is 24.7 Å². The van der Waals surface area contributed by atoms with E-state index in [0.717, 1.165) is 6.07 Å². The second kappa shape index (κ2) is 5.26. The Morgan fingerprint density at radius 2 is 1.89 bits per heavy atom. The average Bonchev–Trinajstić information content (AvgIpc) is 2.41. The van der Waals surface area contributed by atoms with Crippen LogP contribution in [0.3, 0.4) is 0 Å². The largest absolute Gasteiger partial charge is 0.398 e. The quantitative estimate of drug-likeness (QED) is 0.773. The molecule has 1 heterocycles. The molecule has 0 aliphatic carbocycles. The number of carbonyl (C=O) groups excluding carboxylic acids is 2. The summed E-state index contributed by atoms with van der Waals surface area (Å²) in [6.07, 6.45) is 1.08. The molecule has 0 spiro atoms. The third-order valence-corrected chi connectivity index (χ3v) is 3.43. The van der Waals surface area contributed by atoms with Crippen LogP contribution in [0.25, 0.3) is 0 Å². The minimum absolute atomic E-state index is 0.164. The van der Waals surface area contributed by atoms with Crippen molar-refractivity contribution in [3.8, 4) is 0 Å². The SMILES string of the molecule is NC(=O)C1CCN(C(=O)c2cc(F)ccc2N)CC1. The summed E-state index contributed by atoms with van der Waals surface area (Å²) < 4.78 is 13.2. The zero-order valence-corrected chi connectivity index (χ0v) is 10.4. The van der Waals surface area contributed by atoms with Gasteiger partial charge in [-0.25, -0.2) is 4.39 Å². The van der Waals surface area contributed by atoms with Crippen LogP contribution >= 0.6 is 0 Å². The lowest BCUT2D eigenvalue weighted by Gasteiger charge is -2.30. The Morgan fingerprint density at radius 3 is 2.47 bits per heavy atom. The number of carbonyl (C=O) groups is 2. The van der Waals surface area contributed by atoms with Crippen molar-refractivity contribution in [1.82, 2.24) is 4.90 Å². The lowest BCUT2D eigenvalue weighted by Crippen LogP contribution is -2.41. The first-order valence-electron chi connectivity index (χ1n) is 6.12. The lowest BCUT2D eigenvalue weighted by molar-refractivity contribution is -0.123. The molecule has 4 N–H and O–H groups in total. The third kappa shape index (κ3) is 2.83. The van der Waals surface area contributed by atoms with Gasteiger partial charge >= 0.3 is 0 Å². The zero-order valence-electron chi connectivity index (χ0n) is 10.4. The molecule has 2 amide bonds. The highest BCUT2D eigenvalue weighted by Gasteiger charge is 2.27. The molecule has 1 aromatic rings. The van der Waals surface area contributed by atoms with E-state index in [1.165, 1.54) is 12.1 Å². The van der Waals surface area contributed by atoms with E-state index in [1.807, 2.05) is 0 Å². The summed E-state index contributed by atoms with van der Waals surface area (Å²) >= 11 is 0. The molecule has 0 saturated carbocycles. The summed E-state index contributed by atoms with van der Waals surface area (Å²) in [6, 6.07) is 3.72. The number of amides is 2. The van der Waals surface area contributed by atoms with Crippen LogP contribution < -0.4 is 11.5 Å². The molecule has 102 valence electrons. The third-order valence-electron chi connectivity index (χ3n) is 3.43. The Labute approximate surface area is 110 Å². The molecule has 0 aromatic heterocycles. The number of likely N-dealkylation sites (tertiary alicyclic amines) is 1. The maximum absolute atomic E-state index is 13.2. The van der Waals surface area contributed by atoms with Gasteiger partial charge in [-0.1, -0.05) is 0 Å². The predicted octanol–water partition coefficient (Wildman–Crippen LogP) is 0.745. The molecule has 1 aromatic carbocycles. The van der Waals surface area contributed by atoms with Crippen LogP contribution in [0.2, 0.25) is 0 Å². The van der Waals surface area contributed by atoms with E-state index in [-0.39, 0.29) is 29.0 Å². The molecule has 0 bridgehead atoms. The van der Waals surface area contributed by atoms with Crippen LogP contribution in [0.15, 0.2) is 18.2 Å². The van der Waals surface area contributed by atoms with Crippen molar-refractivity contribution >= 4 is 17.5 Å². The number of piperidine rings is 1. The van der Waals surface area contributed by atoms with Gasteiger partial charge in [0.15, 0.2) is 0 Å². The van der Waals surface area contributed by atoms with E-state index in [9.17, 15) is 14.0 Å². The molecule has 0 unspecified atom stereocenters. The van der Waals surface area contributed by atoms with Crippen LogP contribution in [0.4, 0.5) is 10.1 Å². The molecule has 19 heavy (non-hydrogen) atoms. The first-order valence-corrected chi connectivity index (χ1v) is 6.12. The van der Waals surface area contributed by atoms with Crippen molar-refractivity contribution in [3.63, 3.8) is 0 Å². The molecule has 5 nitrogen and oxygen atoms in total. The van der Waals surface area contributed by atoms with Crippen LogP contribution in [0.1, 0.15) is 23.2 Å². The smallest absolute Gasteiger partial charge is 0.256 e. The molecule has 1 aliphatic rings. The van der Waals surface area contributed by atoms with Gasteiger partial charge in [0.25, 0.3) is 5.91 Å². The molecular formula is C13H16FN3O2. The minimum atomic E-state index is -0.496. The molecule has 6 heteroatoms. The van der Waals surface area contributed by atoms with Crippen LogP contribution in [0, 0.1) is 11.7 Å². The monoisotopic (exact) mass is 265 g/mol. The lowest BCUT2D eigenvalue weighted by atomic mass is 9.95. The van der Waals surface area contributed by atoms with Crippen LogP contribution in [0.5, 0.6) is 0 Å². The van der Waals surface area contributed by atoms with E-state index < -0.39 is 5.82 Å². The summed E-state index contributed by atoms with van der Waals surface area (Å²) in [4.78, 5) is 24.8. The zero-order chi connectivity index (χ0) is 14.0. The summed E-state index contributed by atoms with van der Waals surface area (Å²) in [5.41, 5.74) is 11.3. The summed E-state index contributed by atoms with van der Waals surface area (Å²) in [5, 5.41) is 0. The molecular weight excluding hydrogens is 249 g/mol. The van der Waals surface area contributed by atoms with E-state index >= 15 is 0 Å². The van der Waals surface area contributed by atoms with E-state index in [1.54, 1.807) is 4.90 Å². The Morgan fingerprint density at radius 1 is 1.26 bits per heavy atom. The second-order valence-electron chi connectivity index (χ2n) is 4.70. The van der Waals surface area contributed by atoms with E-state index in [0.29, 0.717) is 25.9 Å². The number of nitrogens with two attached hydrogens (primary N) is 2. The number of hydrogen-bond donors (Lipinski definition) is 2. The fourth-order valence-corrected chi connectivity index (χ4v) is 2.25. The standard InChI is InChI=1S/C13H16FN3O2/c14-9-1-2-11(15)10(7-9)13(19)17-5-3-8(4-6-17)12(16)18/h1-2,7-8H,3-6,15H2,(H2,16,18). The molecule has 0 atom stereocenters. The first-order chi connectivity index (χ1) is 8.99. The first kappa shape index (κ1) is 13.3. The number of anilines is 1. The molecule has 2 rings (SSSR count). The van der Waals surface area contributed by atoms with Gasteiger partial charge in [0.1, 0.15) is 5.82 Å². The van der Waals surface area contributed by atoms with Gasteiger partial charge in [-0.15, -0.1) is 0 Å². The number of halogens is 1. The van der Waals surface area contributed by atoms with E-state index in [2.05, 4.69) is 0 Å². The van der Waals surface area contributed by atoms with Gasteiger partial charge in [-0.2, -0.15) is 0 Å². The Balaban J connectivity index is 2.09. The average molecular weight is 265 g/mol. The molecule has 1 saturated heterocycles. The van der Waals surface area contributed by atoms with E-state index in [4.69, 9.17) is 11.5 Å². The van der Waals surface area contributed by atoms with Crippen molar-refractivity contribution in [2.45, 2.75) is 12.8 Å². The van der Waals surface area contributed by atoms with Gasteiger partial charge in [0.05, 0.1) is 5.56 Å². The van der Waals surface area contributed by atoms with Crippen LogP contribution in [-0.2, 0) is 4.79 Å². The Hall–Kier alpha value is -2.11. The summed E-state index contributed by atoms with van der Waals surface area (Å²) in [6.45, 7) is 0.866. The van der Waals surface area contributed by atoms with Crippen molar-refractivity contribution in [1.29, 1.82) is 0 Å².